The molecule has 1 saturated heterocycles. The lowest BCUT2D eigenvalue weighted by atomic mass is 9.99. The van der Waals surface area contributed by atoms with Crippen LogP contribution in [-0.4, -0.2) is 89.6 Å². The van der Waals surface area contributed by atoms with Gasteiger partial charge in [0.25, 0.3) is 0 Å². The van der Waals surface area contributed by atoms with Crippen molar-refractivity contribution < 1.29 is 44.2 Å². The van der Waals surface area contributed by atoms with Gasteiger partial charge in [0, 0.05) is 13.0 Å². The van der Waals surface area contributed by atoms with Crippen LogP contribution in [0.4, 0.5) is 0 Å². The van der Waals surface area contributed by atoms with Gasteiger partial charge in [0.05, 0.1) is 19.8 Å². The average molecular weight is 839 g/mol. The van der Waals surface area contributed by atoms with Gasteiger partial charge in [-0.15, -0.1) is 0 Å². The van der Waals surface area contributed by atoms with Crippen molar-refractivity contribution in [3.8, 4) is 0 Å². The van der Waals surface area contributed by atoms with Crippen molar-refractivity contribution in [2.45, 2.75) is 179 Å². The molecule has 9 heteroatoms. The standard InChI is InChI=1S/C51H82O9/c1-3-5-7-9-11-13-15-17-19-21-23-24-26-28-30-32-34-36-38-40-47(53)59-45(44-58-51-50(56)49(55)48(54)46(42-52)60-51)43-57-41-39-37-35-33-31-29-27-25-22-20-18-16-14-12-10-8-6-4-2/h5-8,11-14,17-20,23-25,27-28,30,45-46,48-52,54-56H,3-4,9-10,15-16,21-22,26,29,31-44H2,1-2H3/b7-5-,8-6-,13-11-,14-12-,19-17-,20-18-,24-23-,27-25-,30-28-. The second kappa shape index (κ2) is 41.2. The first-order valence-corrected chi connectivity index (χ1v) is 23.0. The number of hydrogen-bond donors (Lipinski definition) is 4. The van der Waals surface area contributed by atoms with E-state index in [1.807, 2.05) is 0 Å². The molecule has 0 bridgehead atoms. The lowest BCUT2D eigenvalue weighted by Gasteiger charge is -2.39. The predicted octanol–water partition coefficient (Wildman–Crippen LogP) is 10.6. The molecule has 0 aliphatic carbocycles. The summed E-state index contributed by atoms with van der Waals surface area (Å²) in [6, 6.07) is 0. The zero-order chi connectivity index (χ0) is 43.6. The van der Waals surface area contributed by atoms with Crippen LogP contribution in [0.5, 0.6) is 0 Å². The second-order valence-electron chi connectivity index (χ2n) is 15.1. The molecule has 0 saturated carbocycles. The van der Waals surface area contributed by atoms with Crippen LogP contribution in [-0.2, 0) is 23.7 Å². The SMILES string of the molecule is CC/C=C\C/C=C\C/C=C\C/C=C\C/C=C\CCCCCC(=O)OC(COCCCCCCC/C=C\C/C=C\C/C=C\C/C=C\CC)COC1OC(CO)C(O)C(O)C1O. The quantitative estimate of drug-likeness (QED) is 0.0274. The molecule has 0 aromatic heterocycles. The predicted molar refractivity (Wildman–Crippen MR) is 246 cm³/mol. The molecule has 340 valence electrons. The van der Waals surface area contributed by atoms with Crippen LogP contribution in [0.15, 0.2) is 109 Å². The number of allylic oxidation sites excluding steroid dienone is 18. The van der Waals surface area contributed by atoms with Crippen LogP contribution >= 0.6 is 0 Å². The number of carbonyl (C=O) groups excluding carboxylic acids is 1. The molecule has 1 rings (SSSR count). The number of aliphatic hydroxyl groups excluding tert-OH is 4. The van der Waals surface area contributed by atoms with Crippen molar-refractivity contribution in [1.82, 2.24) is 0 Å². The van der Waals surface area contributed by atoms with E-state index in [0.717, 1.165) is 116 Å². The van der Waals surface area contributed by atoms with Crippen molar-refractivity contribution in [3.63, 3.8) is 0 Å². The minimum atomic E-state index is -1.55. The van der Waals surface area contributed by atoms with Crippen molar-refractivity contribution in [1.29, 1.82) is 0 Å². The van der Waals surface area contributed by atoms with E-state index in [0.29, 0.717) is 13.0 Å². The lowest BCUT2D eigenvalue weighted by molar-refractivity contribution is -0.305. The largest absolute Gasteiger partial charge is 0.457 e. The Morgan fingerprint density at radius 1 is 0.533 bits per heavy atom. The topological polar surface area (TPSA) is 135 Å². The Labute approximate surface area is 364 Å². The normalized spacial score (nSPS) is 21.1. The number of carbonyl (C=O) groups is 1. The van der Waals surface area contributed by atoms with E-state index >= 15 is 0 Å². The molecule has 9 nitrogen and oxygen atoms in total. The Kier molecular flexibility index (Phi) is 37.7. The maximum Gasteiger partial charge on any atom is 0.306 e. The number of aliphatic hydroxyl groups is 4. The van der Waals surface area contributed by atoms with E-state index < -0.39 is 43.4 Å². The van der Waals surface area contributed by atoms with Crippen LogP contribution in [0.1, 0.15) is 142 Å². The summed E-state index contributed by atoms with van der Waals surface area (Å²) >= 11 is 0. The molecule has 60 heavy (non-hydrogen) atoms. The minimum Gasteiger partial charge on any atom is -0.457 e. The van der Waals surface area contributed by atoms with E-state index in [1.165, 1.54) is 0 Å². The molecule has 1 aliphatic rings. The van der Waals surface area contributed by atoms with Crippen molar-refractivity contribution in [3.05, 3.63) is 109 Å². The van der Waals surface area contributed by atoms with Crippen molar-refractivity contribution >= 4 is 5.97 Å². The smallest absolute Gasteiger partial charge is 0.306 e. The molecule has 1 aliphatic heterocycles. The summed E-state index contributed by atoms with van der Waals surface area (Å²) in [5.74, 6) is -0.357. The first-order chi connectivity index (χ1) is 29.4. The molecule has 0 amide bonds. The van der Waals surface area contributed by atoms with Crippen LogP contribution in [0, 0.1) is 0 Å². The fraction of sp³-hybridized carbons (Fsp3) is 0.627. The summed E-state index contributed by atoms with van der Waals surface area (Å²) in [5, 5.41) is 40.2. The summed E-state index contributed by atoms with van der Waals surface area (Å²) in [7, 11) is 0. The molecular formula is C51H82O9. The second-order valence-corrected chi connectivity index (χ2v) is 15.1. The third-order valence-electron chi connectivity index (χ3n) is 9.68. The molecule has 6 atom stereocenters. The van der Waals surface area contributed by atoms with E-state index in [1.54, 1.807) is 0 Å². The first kappa shape index (κ1) is 54.9. The molecule has 6 unspecified atom stereocenters. The van der Waals surface area contributed by atoms with Gasteiger partial charge in [-0.05, 0) is 96.3 Å². The van der Waals surface area contributed by atoms with Crippen LogP contribution in [0.2, 0.25) is 0 Å². The Morgan fingerprint density at radius 3 is 1.45 bits per heavy atom. The van der Waals surface area contributed by atoms with Gasteiger partial charge < -0.3 is 39.4 Å². The highest BCUT2D eigenvalue weighted by Crippen LogP contribution is 2.22. The number of unbranched alkanes of at least 4 members (excludes halogenated alkanes) is 8. The summed E-state index contributed by atoms with van der Waals surface area (Å²) < 4.78 is 22.8. The van der Waals surface area contributed by atoms with Crippen LogP contribution in [0.3, 0.4) is 0 Å². The van der Waals surface area contributed by atoms with Crippen molar-refractivity contribution in [2.24, 2.45) is 0 Å². The first-order valence-electron chi connectivity index (χ1n) is 23.0. The highest BCUT2D eigenvalue weighted by molar-refractivity contribution is 5.69. The zero-order valence-electron chi connectivity index (χ0n) is 37.2. The number of ether oxygens (including phenoxy) is 4. The Hall–Kier alpha value is -3.15. The van der Waals surface area contributed by atoms with Gasteiger partial charge >= 0.3 is 5.97 Å². The van der Waals surface area contributed by atoms with Crippen LogP contribution < -0.4 is 0 Å². The fourth-order valence-electron chi connectivity index (χ4n) is 6.15. The van der Waals surface area contributed by atoms with Gasteiger partial charge in [-0.1, -0.05) is 149 Å². The number of esters is 1. The van der Waals surface area contributed by atoms with E-state index in [-0.39, 0.29) is 25.6 Å². The molecule has 0 radical (unpaired) electrons. The molecule has 1 fully saturated rings. The third-order valence-corrected chi connectivity index (χ3v) is 9.68. The van der Waals surface area contributed by atoms with Gasteiger partial charge in [0.15, 0.2) is 6.29 Å². The van der Waals surface area contributed by atoms with Crippen molar-refractivity contribution in [2.75, 3.05) is 26.4 Å². The van der Waals surface area contributed by atoms with E-state index in [2.05, 4.69) is 123 Å². The highest BCUT2D eigenvalue weighted by atomic mass is 16.7. The number of rotatable bonds is 37. The molecule has 0 spiro atoms. The molecule has 0 aromatic carbocycles. The maximum absolute atomic E-state index is 12.8. The van der Waals surface area contributed by atoms with E-state index in [4.69, 9.17) is 18.9 Å². The Bertz CT molecular complexity index is 1270. The highest BCUT2D eigenvalue weighted by Gasteiger charge is 2.44. The van der Waals surface area contributed by atoms with E-state index in [9.17, 15) is 25.2 Å². The fourth-order valence-corrected chi connectivity index (χ4v) is 6.15. The summed E-state index contributed by atoms with van der Waals surface area (Å²) in [6.07, 6.45) is 51.1. The molecular weight excluding hydrogens is 757 g/mol. The van der Waals surface area contributed by atoms with Gasteiger partial charge in [0.1, 0.15) is 30.5 Å². The Balaban J connectivity index is 2.32. The summed E-state index contributed by atoms with van der Waals surface area (Å²) in [6.45, 7) is 4.21. The molecule has 1 heterocycles. The molecule has 0 aromatic rings. The zero-order valence-corrected chi connectivity index (χ0v) is 37.2. The molecule has 4 N–H and O–H groups in total. The van der Waals surface area contributed by atoms with Gasteiger partial charge in [-0.25, -0.2) is 0 Å². The monoisotopic (exact) mass is 839 g/mol. The number of hydrogen-bond acceptors (Lipinski definition) is 9. The third kappa shape index (κ3) is 31.7. The van der Waals surface area contributed by atoms with Gasteiger partial charge in [-0.2, -0.15) is 0 Å². The lowest BCUT2D eigenvalue weighted by Crippen LogP contribution is -2.59. The van der Waals surface area contributed by atoms with Crippen LogP contribution in [0.25, 0.3) is 0 Å². The van der Waals surface area contributed by atoms with Gasteiger partial charge in [-0.3, -0.25) is 4.79 Å². The summed E-state index contributed by atoms with van der Waals surface area (Å²) in [4.78, 5) is 12.8. The van der Waals surface area contributed by atoms with Gasteiger partial charge in [0.2, 0.25) is 0 Å². The minimum absolute atomic E-state index is 0.110. The maximum atomic E-state index is 12.8. The average Bonchev–Trinajstić information content (AvgIpc) is 3.25. The summed E-state index contributed by atoms with van der Waals surface area (Å²) in [5.41, 5.74) is 0. The Morgan fingerprint density at radius 2 is 0.967 bits per heavy atom.